The third kappa shape index (κ3) is 3.28. The van der Waals surface area contributed by atoms with Crippen LogP contribution in [0.5, 0.6) is 0 Å². The maximum atomic E-state index is 11.9. The number of hydrogen-bond acceptors (Lipinski definition) is 6. The van der Waals surface area contributed by atoms with Crippen molar-refractivity contribution in [1.29, 1.82) is 0 Å². The first-order valence-corrected chi connectivity index (χ1v) is 11.0. The monoisotopic (exact) mass is 377 g/mol. The highest BCUT2D eigenvalue weighted by molar-refractivity contribution is 7.91. The van der Waals surface area contributed by atoms with Crippen molar-refractivity contribution in [2.75, 3.05) is 11.5 Å². The molecule has 0 aromatic carbocycles. The number of rotatable bonds is 5. The first kappa shape index (κ1) is 16.5. The molecule has 3 aromatic heterocycles. The van der Waals surface area contributed by atoms with Crippen molar-refractivity contribution < 1.29 is 12.8 Å². The Morgan fingerprint density at radius 3 is 3.00 bits per heavy atom. The second-order valence-corrected chi connectivity index (χ2v) is 9.51. The summed E-state index contributed by atoms with van der Waals surface area (Å²) < 4.78 is 31.0. The lowest BCUT2D eigenvalue weighted by Gasteiger charge is -2.10. The van der Waals surface area contributed by atoms with E-state index in [1.807, 2.05) is 6.07 Å². The van der Waals surface area contributed by atoms with Crippen molar-refractivity contribution in [3.8, 4) is 23.0 Å². The molecule has 0 aliphatic carbocycles. The predicted molar refractivity (Wildman–Crippen MR) is 97.3 cm³/mol. The molecule has 1 atom stereocenters. The fourth-order valence-corrected chi connectivity index (χ4v) is 5.79. The third-order valence-electron chi connectivity index (χ3n) is 4.34. The SMILES string of the molecule is CCCc1cc(-c2nc(-c3ccco3)nn2C2CCS(=O)(=O)C2)cs1. The van der Waals surface area contributed by atoms with Gasteiger partial charge in [0, 0.05) is 15.8 Å². The van der Waals surface area contributed by atoms with Gasteiger partial charge in [-0.2, -0.15) is 0 Å². The molecule has 1 aliphatic rings. The van der Waals surface area contributed by atoms with Crippen LogP contribution in [-0.2, 0) is 16.3 Å². The molecule has 0 N–H and O–H groups in total. The number of sulfone groups is 1. The first-order chi connectivity index (χ1) is 12.1. The minimum absolute atomic E-state index is 0.118. The van der Waals surface area contributed by atoms with Gasteiger partial charge in [0.2, 0.25) is 5.82 Å². The molecule has 25 heavy (non-hydrogen) atoms. The zero-order valence-corrected chi connectivity index (χ0v) is 15.5. The van der Waals surface area contributed by atoms with Crippen LogP contribution >= 0.6 is 11.3 Å². The Bertz CT molecular complexity index is 971. The average molecular weight is 377 g/mol. The van der Waals surface area contributed by atoms with Crippen LogP contribution in [0.15, 0.2) is 34.3 Å². The molecule has 132 valence electrons. The minimum Gasteiger partial charge on any atom is -0.461 e. The molecule has 0 radical (unpaired) electrons. The van der Waals surface area contributed by atoms with Gasteiger partial charge in [-0.15, -0.1) is 16.4 Å². The van der Waals surface area contributed by atoms with Crippen LogP contribution < -0.4 is 0 Å². The zero-order valence-electron chi connectivity index (χ0n) is 13.9. The van der Waals surface area contributed by atoms with E-state index in [0.29, 0.717) is 23.8 Å². The molecule has 1 aliphatic heterocycles. The Labute approximate surface area is 150 Å². The standard InChI is InChI=1S/C17H19N3O3S2/c1-2-4-14-9-12(10-24-14)17-18-16(15-5-3-7-23-15)19-20(17)13-6-8-25(21,22)11-13/h3,5,7,9-10,13H,2,4,6,8,11H2,1H3. The van der Waals surface area contributed by atoms with Crippen LogP contribution in [0.1, 0.15) is 30.7 Å². The van der Waals surface area contributed by atoms with Crippen LogP contribution in [-0.4, -0.2) is 34.7 Å². The largest absolute Gasteiger partial charge is 0.461 e. The van der Waals surface area contributed by atoms with Gasteiger partial charge in [-0.3, -0.25) is 0 Å². The Morgan fingerprint density at radius 1 is 1.44 bits per heavy atom. The van der Waals surface area contributed by atoms with Gasteiger partial charge in [0.05, 0.1) is 23.8 Å². The molecule has 0 amide bonds. The summed E-state index contributed by atoms with van der Waals surface area (Å²) in [5, 5.41) is 6.65. The lowest BCUT2D eigenvalue weighted by atomic mass is 10.2. The van der Waals surface area contributed by atoms with Gasteiger partial charge in [0.15, 0.2) is 21.4 Å². The van der Waals surface area contributed by atoms with E-state index in [1.54, 1.807) is 28.3 Å². The number of hydrogen-bond donors (Lipinski definition) is 0. The van der Waals surface area contributed by atoms with Crippen LogP contribution in [0.25, 0.3) is 23.0 Å². The molecule has 1 unspecified atom stereocenters. The van der Waals surface area contributed by atoms with E-state index < -0.39 is 9.84 Å². The highest BCUT2D eigenvalue weighted by atomic mass is 32.2. The van der Waals surface area contributed by atoms with Crippen LogP contribution in [0, 0.1) is 0 Å². The summed E-state index contributed by atoms with van der Waals surface area (Å²) in [4.78, 5) is 5.96. The fraction of sp³-hybridized carbons (Fsp3) is 0.412. The van der Waals surface area contributed by atoms with Crippen LogP contribution in [0.3, 0.4) is 0 Å². The molecule has 4 heterocycles. The average Bonchev–Trinajstić information content (AvgIpc) is 3.32. The number of thiophene rings is 1. The smallest absolute Gasteiger partial charge is 0.217 e. The van der Waals surface area contributed by atoms with Gasteiger partial charge < -0.3 is 4.42 Å². The molecule has 1 saturated heterocycles. The zero-order chi connectivity index (χ0) is 17.4. The third-order valence-corrected chi connectivity index (χ3v) is 7.08. The highest BCUT2D eigenvalue weighted by Crippen LogP contribution is 2.32. The van der Waals surface area contributed by atoms with E-state index in [2.05, 4.69) is 28.5 Å². The molecule has 4 rings (SSSR count). The summed E-state index contributed by atoms with van der Waals surface area (Å²) in [5.41, 5.74) is 0.989. The molecule has 0 saturated carbocycles. The van der Waals surface area contributed by atoms with Crippen LogP contribution in [0.2, 0.25) is 0 Å². The normalized spacial score (nSPS) is 19.5. The topological polar surface area (TPSA) is 78.0 Å². The summed E-state index contributed by atoms with van der Waals surface area (Å²) in [7, 11) is -3.00. The number of aryl methyl sites for hydroxylation is 1. The molecule has 0 spiro atoms. The van der Waals surface area contributed by atoms with E-state index in [0.717, 1.165) is 18.4 Å². The number of nitrogens with zero attached hydrogens (tertiary/aromatic N) is 3. The van der Waals surface area contributed by atoms with Crippen molar-refractivity contribution in [1.82, 2.24) is 14.8 Å². The predicted octanol–water partition coefficient (Wildman–Crippen LogP) is 3.58. The van der Waals surface area contributed by atoms with Crippen molar-refractivity contribution in [2.45, 2.75) is 32.2 Å². The van der Waals surface area contributed by atoms with Crippen molar-refractivity contribution >= 4 is 21.2 Å². The summed E-state index contributed by atoms with van der Waals surface area (Å²) in [5.74, 6) is 2.12. The van der Waals surface area contributed by atoms with E-state index in [-0.39, 0.29) is 17.5 Å². The van der Waals surface area contributed by atoms with E-state index in [9.17, 15) is 8.42 Å². The highest BCUT2D eigenvalue weighted by Gasteiger charge is 2.32. The lowest BCUT2D eigenvalue weighted by Crippen LogP contribution is -2.13. The van der Waals surface area contributed by atoms with E-state index >= 15 is 0 Å². The Hall–Kier alpha value is -1.93. The number of aromatic nitrogens is 3. The second-order valence-electron chi connectivity index (χ2n) is 6.29. The van der Waals surface area contributed by atoms with Crippen molar-refractivity contribution in [2.24, 2.45) is 0 Å². The number of furan rings is 1. The summed E-state index contributed by atoms with van der Waals surface area (Å²) in [6.07, 6.45) is 4.27. The van der Waals surface area contributed by atoms with E-state index in [4.69, 9.17) is 4.42 Å². The first-order valence-electron chi connectivity index (χ1n) is 8.34. The Balaban J connectivity index is 1.77. The van der Waals surface area contributed by atoms with Crippen molar-refractivity contribution in [3.63, 3.8) is 0 Å². The Kier molecular flexibility index (Phi) is 4.24. The minimum atomic E-state index is -3.00. The quantitative estimate of drug-likeness (QED) is 0.679. The molecule has 6 nitrogen and oxygen atoms in total. The van der Waals surface area contributed by atoms with Crippen molar-refractivity contribution in [3.05, 3.63) is 34.7 Å². The summed E-state index contributed by atoms with van der Waals surface area (Å²) in [6.45, 7) is 2.15. The molecule has 1 fully saturated rings. The maximum absolute atomic E-state index is 11.9. The summed E-state index contributed by atoms with van der Waals surface area (Å²) >= 11 is 1.70. The molecule has 8 heteroatoms. The maximum Gasteiger partial charge on any atom is 0.217 e. The fourth-order valence-electron chi connectivity index (χ4n) is 3.13. The molecule has 3 aromatic rings. The van der Waals surface area contributed by atoms with Gasteiger partial charge in [0.25, 0.3) is 0 Å². The Morgan fingerprint density at radius 2 is 2.32 bits per heavy atom. The van der Waals surface area contributed by atoms with Gasteiger partial charge in [-0.1, -0.05) is 13.3 Å². The van der Waals surface area contributed by atoms with Crippen LogP contribution in [0.4, 0.5) is 0 Å². The lowest BCUT2D eigenvalue weighted by molar-refractivity contribution is 0.502. The second kappa shape index (κ2) is 6.42. The van der Waals surface area contributed by atoms with Gasteiger partial charge in [-0.25, -0.2) is 18.1 Å². The molecular weight excluding hydrogens is 358 g/mol. The van der Waals surface area contributed by atoms with Gasteiger partial charge in [0.1, 0.15) is 0 Å². The van der Waals surface area contributed by atoms with Gasteiger partial charge >= 0.3 is 0 Å². The summed E-state index contributed by atoms with van der Waals surface area (Å²) in [6, 6.07) is 5.56. The molecule has 0 bridgehead atoms. The van der Waals surface area contributed by atoms with E-state index in [1.165, 1.54) is 4.88 Å². The van der Waals surface area contributed by atoms with Gasteiger partial charge in [-0.05, 0) is 31.0 Å². The molecular formula is C17H19N3O3S2.